The van der Waals surface area contributed by atoms with Crippen LogP contribution in [0.4, 0.5) is 15.3 Å². The summed E-state index contributed by atoms with van der Waals surface area (Å²) < 4.78 is 6.06. The average molecular weight is 635 g/mol. The number of ether oxygens (including phenoxy) is 1. The van der Waals surface area contributed by atoms with Crippen LogP contribution in [0.2, 0.25) is 0 Å². The predicted molar refractivity (Wildman–Crippen MR) is 172 cm³/mol. The molecule has 3 aromatic rings. The fourth-order valence-electron chi connectivity index (χ4n) is 7.22. The molecule has 2 aromatic heterocycles. The average Bonchev–Trinajstić information content (AvgIpc) is 3.73. The number of amides is 4. The zero-order valence-corrected chi connectivity index (χ0v) is 26.6. The molecule has 2 N–H and O–H groups in total. The SMILES string of the molecule is CN1CCC(N2CCN(C(=O)[C@@H](Cc3ccc4[nH]ncc4c3)OC(=O)N3CCC(N4Cc5sccc5NC4=O)CC3)CC2)CC1. The van der Waals surface area contributed by atoms with Crippen LogP contribution in [0.5, 0.6) is 0 Å². The van der Waals surface area contributed by atoms with Gasteiger partial charge in [-0.3, -0.25) is 14.8 Å². The second-order valence-corrected chi connectivity index (χ2v) is 13.8. The maximum atomic E-state index is 14.0. The first kappa shape index (κ1) is 30.0. The molecule has 6 heterocycles. The number of urea groups is 1. The number of hydrogen-bond acceptors (Lipinski definition) is 8. The summed E-state index contributed by atoms with van der Waals surface area (Å²) in [4.78, 5) is 51.8. The molecule has 240 valence electrons. The number of carbonyl (C=O) groups is 3. The van der Waals surface area contributed by atoms with Gasteiger partial charge in [0, 0.05) is 68.0 Å². The van der Waals surface area contributed by atoms with E-state index in [1.54, 1.807) is 22.4 Å². The van der Waals surface area contributed by atoms with E-state index in [2.05, 4.69) is 32.4 Å². The number of nitrogens with one attached hydrogen (secondary N) is 2. The van der Waals surface area contributed by atoms with Crippen LogP contribution in [0.1, 0.15) is 36.1 Å². The van der Waals surface area contributed by atoms with Crippen molar-refractivity contribution in [2.24, 2.45) is 0 Å². The highest BCUT2D eigenvalue weighted by atomic mass is 32.1. The van der Waals surface area contributed by atoms with Gasteiger partial charge in [0.05, 0.1) is 23.9 Å². The molecule has 3 saturated heterocycles. The van der Waals surface area contributed by atoms with Gasteiger partial charge in [0.1, 0.15) is 0 Å². The van der Waals surface area contributed by atoms with Crippen molar-refractivity contribution in [3.63, 3.8) is 0 Å². The lowest BCUT2D eigenvalue weighted by Crippen LogP contribution is -2.56. The molecule has 7 rings (SSSR count). The number of carbonyl (C=O) groups excluding carboxylic acids is 3. The molecule has 12 nitrogen and oxygen atoms in total. The Morgan fingerprint density at radius 3 is 2.51 bits per heavy atom. The quantitative estimate of drug-likeness (QED) is 0.427. The van der Waals surface area contributed by atoms with Gasteiger partial charge in [-0.15, -0.1) is 11.3 Å². The van der Waals surface area contributed by atoms with Crippen LogP contribution in [-0.2, 0) is 22.5 Å². The van der Waals surface area contributed by atoms with E-state index in [9.17, 15) is 14.4 Å². The highest BCUT2D eigenvalue weighted by Gasteiger charge is 2.37. The number of aromatic amines is 1. The number of likely N-dealkylation sites (tertiary alicyclic amines) is 2. The van der Waals surface area contributed by atoms with E-state index < -0.39 is 12.2 Å². The monoisotopic (exact) mass is 634 g/mol. The number of rotatable bonds is 6. The molecule has 1 aromatic carbocycles. The predicted octanol–water partition coefficient (Wildman–Crippen LogP) is 3.42. The van der Waals surface area contributed by atoms with Gasteiger partial charge in [0.2, 0.25) is 0 Å². The van der Waals surface area contributed by atoms with Gasteiger partial charge in [-0.2, -0.15) is 5.10 Å². The highest BCUT2D eigenvalue weighted by Crippen LogP contribution is 2.31. The van der Waals surface area contributed by atoms with Gasteiger partial charge >= 0.3 is 12.1 Å². The van der Waals surface area contributed by atoms with Crippen molar-refractivity contribution in [1.82, 2.24) is 34.7 Å². The smallest absolute Gasteiger partial charge is 0.410 e. The molecule has 0 saturated carbocycles. The molecule has 4 aliphatic heterocycles. The zero-order chi connectivity index (χ0) is 30.9. The number of thiophene rings is 1. The lowest BCUT2D eigenvalue weighted by molar-refractivity contribution is -0.143. The molecule has 0 radical (unpaired) electrons. The molecule has 13 heteroatoms. The fourth-order valence-corrected chi connectivity index (χ4v) is 8.05. The minimum atomic E-state index is -0.917. The molecule has 45 heavy (non-hydrogen) atoms. The van der Waals surface area contributed by atoms with Crippen LogP contribution in [0.15, 0.2) is 35.8 Å². The highest BCUT2D eigenvalue weighted by molar-refractivity contribution is 7.10. The first-order chi connectivity index (χ1) is 21.9. The largest absolute Gasteiger partial charge is 0.436 e. The molecule has 0 aliphatic carbocycles. The second kappa shape index (κ2) is 13.0. The van der Waals surface area contributed by atoms with E-state index in [0.29, 0.717) is 58.0 Å². The van der Waals surface area contributed by atoms with E-state index in [0.717, 1.165) is 66.1 Å². The number of fused-ring (bicyclic) bond motifs is 2. The number of nitrogens with zero attached hydrogens (tertiary/aromatic N) is 6. The third kappa shape index (κ3) is 6.52. The Balaban J connectivity index is 0.989. The number of anilines is 1. The number of piperazine rings is 1. The van der Waals surface area contributed by atoms with Crippen LogP contribution in [0.3, 0.4) is 0 Å². The summed E-state index contributed by atoms with van der Waals surface area (Å²) in [6.45, 7) is 6.71. The van der Waals surface area contributed by atoms with Gasteiger partial charge in [0.25, 0.3) is 5.91 Å². The fraction of sp³-hybridized carbons (Fsp3) is 0.562. The van der Waals surface area contributed by atoms with Crippen molar-refractivity contribution in [3.8, 4) is 0 Å². The summed E-state index contributed by atoms with van der Waals surface area (Å²) in [5, 5.41) is 13.0. The maximum Gasteiger partial charge on any atom is 0.410 e. The van der Waals surface area contributed by atoms with Crippen LogP contribution in [-0.4, -0.2) is 130 Å². The summed E-state index contributed by atoms with van der Waals surface area (Å²) in [5.41, 5.74) is 2.74. The number of benzene rings is 1. The third-order valence-electron chi connectivity index (χ3n) is 10.00. The molecule has 0 bridgehead atoms. The number of H-pyrrole nitrogens is 1. The third-order valence-corrected chi connectivity index (χ3v) is 10.9. The van der Waals surface area contributed by atoms with Gasteiger partial charge in [-0.25, -0.2) is 9.59 Å². The van der Waals surface area contributed by atoms with Gasteiger partial charge < -0.3 is 29.7 Å². The summed E-state index contributed by atoms with van der Waals surface area (Å²) in [6, 6.07) is 8.37. The van der Waals surface area contributed by atoms with Gasteiger partial charge in [-0.05, 0) is 75.0 Å². The number of aromatic nitrogens is 2. The molecule has 3 fully saturated rings. The van der Waals surface area contributed by atoms with Crippen LogP contribution < -0.4 is 5.32 Å². The molecule has 4 amide bonds. The first-order valence-electron chi connectivity index (χ1n) is 16.1. The van der Waals surface area contributed by atoms with Gasteiger partial charge in [0.15, 0.2) is 6.10 Å². The Kier molecular flexibility index (Phi) is 8.65. The van der Waals surface area contributed by atoms with Crippen LogP contribution >= 0.6 is 11.3 Å². The Morgan fingerprint density at radius 1 is 0.978 bits per heavy atom. The molecular formula is C32H42N8O4S. The minimum Gasteiger partial charge on any atom is -0.436 e. The lowest BCUT2D eigenvalue weighted by atomic mass is 10.0. The Morgan fingerprint density at radius 2 is 1.73 bits per heavy atom. The maximum absolute atomic E-state index is 14.0. The summed E-state index contributed by atoms with van der Waals surface area (Å²) >= 11 is 1.64. The number of hydrogen-bond donors (Lipinski definition) is 2. The molecule has 0 spiro atoms. The van der Waals surface area contributed by atoms with Crippen LogP contribution in [0.25, 0.3) is 10.9 Å². The Hall–Kier alpha value is -3.68. The van der Waals surface area contributed by atoms with E-state index in [1.165, 1.54) is 0 Å². The summed E-state index contributed by atoms with van der Waals surface area (Å²) in [7, 11) is 2.17. The normalized spacial score (nSPS) is 21.5. The summed E-state index contributed by atoms with van der Waals surface area (Å²) in [5.74, 6) is -0.134. The van der Waals surface area contributed by atoms with Crippen molar-refractivity contribution in [3.05, 3.63) is 46.3 Å². The van der Waals surface area contributed by atoms with Crippen molar-refractivity contribution in [2.75, 3.05) is 64.7 Å². The Labute approximate surface area is 267 Å². The molecule has 1 atom stereocenters. The number of piperidine rings is 2. The Bertz CT molecular complexity index is 1520. The second-order valence-electron chi connectivity index (χ2n) is 12.8. The zero-order valence-electron chi connectivity index (χ0n) is 25.8. The molecular weight excluding hydrogens is 592 g/mol. The van der Waals surface area contributed by atoms with E-state index >= 15 is 0 Å². The van der Waals surface area contributed by atoms with Crippen LogP contribution in [0, 0.1) is 0 Å². The van der Waals surface area contributed by atoms with Crippen molar-refractivity contribution < 1.29 is 19.1 Å². The van der Waals surface area contributed by atoms with E-state index in [4.69, 9.17) is 4.74 Å². The van der Waals surface area contributed by atoms with Crippen molar-refractivity contribution in [2.45, 2.75) is 56.8 Å². The first-order valence-corrected chi connectivity index (χ1v) is 17.0. The minimum absolute atomic E-state index is 0.0456. The lowest BCUT2D eigenvalue weighted by Gasteiger charge is -2.43. The van der Waals surface area contributed by atoms with E-state index in [-0.39, 0.29) is 18.0 Å². The molecule has 4 aliphatic rings. The van der Waals surface area contributed by atoms with E-state index in [1.807, 2.05) is 39.4 Å². The standard InChI is InChI=1S/C32H42N8O4S/c1-36-9-4-24(5-10-36)37-13-15-38(16-14-37)30(41)28(19-22-2-3-26-23(18-22)20-33-35-26)44-32(43)39-11-6-25(7-12-39)40-21-29-27(8-17-45-29)34-31(40)42/h2-3,8,17-18,20,24-25,28H,4-7,9-16,19,21H2,1H3,(H,33,35)(H,34,42)/t28-/m1/s1. The van der Waals surface area contributed by atoms with Crippen molar-refractivity contribution >= 4 is 46.0 Å². The van der Waals surface area contributed by atoms with Crippen molar-refractivity contribution in [1.29, 1.82) is 0 Å². The topological polar surface area (TPSA) is 117 Å². The molecule has 0 unspecified atom stereocenters. The van der Waals surface area contributed by atoms with Gasteiger partial charge in [-0.1, -0.05) is 6.07 Å². The summed E-state index contributed by atoms with van der Waals surface area (Å²) in [6.07, 6.45) is 4.33.